The molecule has 1 aromatic carbocycles. The van der Waals surface area contributed by atoms with Crippen molar-refractivity contribution in [3.05, 3.63) is 29.8 Å². The van der Waals surface area contributed by atoms with Gasteiger partial charge < -0.3 is 9.80 Å². The summed E-state index contributed by atoms with van der Waals surface area (Å²) in [7, 11) is -3.65. The van der Waals surface area contributed by atoms with Crippen LogP contribution in [0.3, 0.4) is 0 Å². The highest BCUT2D eigenvalue weighted by Crippen LogP contribution is 2.26. The number of anilines is 1. The maximum atomic E-state index is 12.6. The fraction of sp³-hybridized carbons (Fsp3) is 0.400. The van der Waals surface area contributed by atoms with Crippen LogP contribution in [0.1, 0.15) is 16.8 Å². The summed E-state index contributed by atoms with van der Waals surface area (Å²) in [5, 5.41) is 0. The molecule has 24 heavy (non-hydrogen) atoms. The summed E-state index contributed by atoms with van der Waals surface area (Å²) >= 11 is 0. The van der Waals surface area contributed by atoms with E-state index < -0.39 is 15.9 Å². The van der Waals surface area contributed by atoms with Crippen LogP contribution >= 0.6 is 0 Å². The molecule has 8 nitrogen and oxygen atoms in total. The largest absolute Gasteiger partial charge is 0.342 e. The number of amides is 3. The fourth-order valence-electron chi connectivity index (χ4n) is 2.85. The van der Waals surface area contributed by atoms with E-state index in [1.165, 1.54) is 12.1 Å². The third-order valence-corrected chi connectivity index (χ3v) is 5.85. The van der Waals surface area contributed by atoms with E-state index in [9.17, 15) is 22.8 Å². The lowest BCUT2D eigenvalue weighted by molar-refractivity contribution is -0.119. The molecule has 0 aliphatic carbocycles. The van der Waals surface area contributed by atoms with Gasteiger partial charge in [-0.15, -0.1) is 0 Å². The van der Waals surface area contributed by atoms with Gasteiger partial charge in [0.15, 0.2) is 0 Å². The average molecular weight is 351 g/mol. The molecule has 3 amide bonds. The zero-order valence-electron chi connectivity index (χ0n) is 12.9. The van der Waals surface area contributed by atoms with E-state index in [2.05, 4.69) is 0 Å². The Labute approximate surface area is 139 Å². The molecule has 0 bridgehead atoms. The first-order valence-corrected chi connectivity index (χ1v) is 9.18. The third kappa shape index (κ3) is 2.99. The molecule has 2 saturated heterocycles. The molecule has 9 heteroatoms. The summed E-state index contributed by atoms with van der Waals surface area (Å²) in [6.45, 7) is 1.77. The van der Waals surface area contributed by atoms with Crippen molar-refractivity contribution in [1.29, 1.82) is 0 Å². The van der Waals surface area contributed by atoms with E-state index in [1.54, 1.807) is 21.9 Å². The number of hydrogen-bond acceptors (Lipinski definition) is 5. The summed E-state index contributed by atoms with van der Waals surface area (Å²) in [6, 6.07) is 6.08. The lowest BCUT2D eigenvalue weighted by Crippen LogP contribution is -2.48. The van der Waals surface area contributed by atoms with Crippen LogP contribution in [-0.2, 0) is 19.6 Å². The van der Waals surface area contributed by atoms with E-state index in [0.29, 0.717) is 31.7 Å². The summed E-state index contributed by atoms with van der Waals surface area (Å²) in [5.41, 5.74) is 0.511. The normalized spacial score (nSPS) is 20.3. The van der Waals surface area contributed by atoms with E-state index in [4.69, 9.17) is 0 Å². The molecule has 128 valence electrons. The minimum absolute atomic E-state index is 0.0475. The summed E-state index contributed by atoms with van der Waals surface area (Å²) in [6.07, 6.45) is 0.709. The molecule has 0 radical (unpaired) electrons. The number of piperazine rings is 1. The topological polar surface area (TPSA) is 95.1 Å². The summed E-state index contributed by atoms with van der Waals surface area (Å²) in [5.74, 6) is -0.942. The van der Waals surface area contributed by atoms with Crippen LogP contribution in [0.2, 0.25) is 0 Å². The Morgan fingerprint density at radius 2 is 1.83 bits per heavy atom. The molecule has 2 fully saturated rings. The average Bonchev–Trinajstić information content (AvgIpc) is 2.87. The lowest BCUT2D eigenvalue weighted by Gasteiger charge is -2.32. The highest BCUT2D eigenvalue weighted by Gasteiger charge is 2.36. The van der Waals surface area contributed by atoms with Crippen molar-refractivity contribution in [2.45, 2.75) is 6.42 Å². The van der Waals surface area contributed by atoms with Gasteiger partial charge >= 0.3 is 0 Å². The zero-order chi connectivity index (χ0) is 17.3. The molecular formula is C15H17N3O5S. The molecule has 0 N–H and O–H groups in total. The number of sulfonamides is 1. The lowest BCUT2D eigenvalue weighted by atomic mass is 10.1. The molecule has 0 atom stereocenters. The first-order chi connectivity index (χ1) is 11.4. The quantitative estimate of drug-likeness (QED) is 0.695. The van der Waals surface area contributed by atoms with Crippen LogP contribution in [-0.4, -0.2) is 68.4 Å². The first-order valence-electron chi connectivity index (χ1n) is 7.57. The Balaban J connectivity index is 1.82. The van der Waals surface area contributed by atoms with Gasteiger partial charge in [0.2, 0.25) is 22.3 Å². The molecule has 0 spiro atoms. The van der Waals surface area contributed by atoms with Crippen molar-refractivity contribution in [2.75, 3.05) is 36.2 Å². The van der Waals surface area contributed by atoms with Crippen LogP contribution < -0.4 is 4.31 Å². The van der Waals surface area contributed by atoms with Gasteiger partial charge in [0, 0.05) is 38.2 Å². The standard InChI is InChI=1S/C15H17N3O5S/c19-11-16-5-7-17(8-6-16)15(21)12-2-1-3-13(10-12)18-14(20)4-9-24(18,22)23/h1-3,10-11H,4-9H2. The Bertz CT molecular complexity index is 784. The number of rotatable bonds is 3. The van der Waals surface area contributed by atoms with Crippen LogP contribution in [0.25, 0.3) is 0 Å². The van der Waals surface area contributed by atoms with Gasteiger partial charge in [-0.25, -0.2) is 12.7 Å². The third-order valence-electron chi connectivity index (χ3n) is 4.16. The maximum Gasteiger partial charge on any atom is 0.254 e. The second kappa shape index (κ2) is 6.23. The number of carbonyl (C=O) groups is 3. The number of nitrogens with zero attached hydrogens (tertiary/aromatic N) is 3. The Morgan fingerprint density at radius 3 is 2.42 bits per heavy atom. The van der Waals surface area contributed by atoms with Gasteiger partial charge in [0.05, 0.1) is 11.4 Å². The van der Waals surface area contributed by atoms with Crippen LogP contribution in [0.4, 0.5) is 5.69 Å². The molecule has 1 aromatic rings. The van der Waals surface area contributed by atoms with E-state index in [1.807, 2.05) is 0 Å². The van der Waals surface area contributed by atoms with Crippen LogP contribution in [0, 0.1) is 0 Å². The maximum absolute atomic E-state index is 12.6. The molecular weight excluding hydrogens is 334 g/mol. The van der Waals surface area contributed by atoms with Gasteiger partial charge in [-0.2, -0.15) is 0 Å². The van der Waals surface area contributed by atoms with E-state index >= 15 is 0 Å². The second-order valence-corrected chi connectivity index (χ2v) is 7.65. The van der Waals surface area contributed by atoms with Gasteiger partial charge in [0.25, 0.3) is 5.91 Å². The SMILES string of the molecule is O=CN1CCN(C(=O)c2cccc(N3C(=O)CCS3(=O)=O)c2)CC1. The fourth-order valence-corrected chi connectivity index (χ4v) is 4.30. The molecule has 3 rings (SSSR count). The van der Waals surface area contributed by atoms with E-state index in [0.717, 1.165) is 10.7 Å². The zero-order valence-corrected chi connectivity index (χ0v) is 13.7. The molecule has 0 saturated carbocycles. The Hall–Kier alpha value is -2.42. The number of benzene rings is 1. The van der Waals surface area contributed by atoms with Gasteiger partial charge in [-0.05, 0) is 18.2 Å². The van der Waals surface area contributed by atoms with Crippen molar-refractivity contribution in [2.24, 2.45) is 0 Å². The minimum Gasteiger partial charge on any atom is -0.342 e. The van der Waals surface area contributed by atoms with Crippen LogP contribution in [0.5, 0.6) is 0 Å². The second-order valence-electron chi connectivity index (χ2n) is 5.71. The van der Waals surface area contributed by atoms with Crippen molar-refractivity contribution < 1.29 is 22.8 Å². The molecule has 2 heterocycles. The van der Waals surface area contributed by atoms with Crippen molar-refractivity contribution >= 4 is 33.9 Å². The molecule has 2 aliphatic rings. The molecule has 2 aliphatic heterocycles. The highest BCUT2D eigenvalue weighted by molar-refractivity contribution is 7.94. The van der Waals surface area contributed by atoms with Crippen molar-refractivity contribution in [3.8, 4) is 0 Å². The predicted octanol–water partition coefficient (Wildman–Crippen LogP) is -0.333. The Morgan fingerprint density at radius 1 is 1.12 bits per heavy atom. The van der Waals surface area contributed by atoms with Crippen LogP contribution in [0.15, 0.2) is 24.3 Å². The van der Waals surface area contributed by atoms with Gasteiger partial charge in [-0.1, -0.05) is 6.07 Å². The number of hydrogen-bond donors (Lipinski definition) is 0. The number of carbonyl (C=O) groups excluding carboxylic acids is 3. The monoisotopic (exact) mass is 351 g/mol. The van der Waals surface area contributed by atoms with Crippen molar-refractivity contribution in [1.82, 2.24) is 9.80 Å². The highest BCUT2D eigenvalue weighted by atomic mass is 32.2. The first kappa shape index (κ1) is 16.4. The predicted molar refractivity (Wildman–Crippen MR) is 85.9 cm³/mol. The Kier molecular flexibility index (Phi) is 4.27. The van der Waals surface area contributed by atoms with Gasteiger partial charge in [0.1, 0.15) is 0 Å². The molecule has 0 aromatic heterocycles. The van der Waals surface area contributed by atoms with E-state index in [-0.39, 0.29) is 23.8 Å². The summed E-state index contributed by atoms with van der Waals surface area (Å²) in [4.78, 5) is 38.3. The smallest absolute Gasteiger partial charge is 0.254 e. The van der Waals surface area contributed by atoms with Crippen molar-refractivity contribution in [3.63, 3.8) is 0 Å². The molecule has 0 unspecified atom stereocenters. The van der Waals surface area contributed by atoms with Gasteiger partial charge in [-0.3, -0.25) is 14.4 Å². The minimum atomic E-state index is -3.65. The summed E-state index contributed by atoms with van der Waals surface area (Å²) < 4.78 is 24.8.